The first-order valence-corrected chi connectivity index (χ1v) is 22.0. The van der Waals surface area contributed by atoms with Crippen LogP contribution < -0.4 is 173 Å². The Balaban J connectivity index is 0.00000114. The molecule has 0 atom stereocenters. The summed E-state index contributed by atoms with van der Waals surface area (Å²) in [6.07, 6.45) is -15.3. The van der Waals surface area contributed by atoms with Crippen LogP contribution in [-0.2, 0) is 34.9 Å². The normalized spacial score (nSPS) is 11.1. The molecule has 2 heterocycles. The number of aromatic nitrogens is 2. The van der Waals surface area contributed by atoms with E-state index in [1.165, 1.54) is 42.5 Å². The molecule has 0 fully saturated rings. The summed E-state index contributed by atoms with van der Waals surface area (Å²) in [5, 5.41) is 18.2. The predicted molar refractivity (Wildman–Crippen MR) is 240 cm³/mol. The van der Waals surface area contributed by atoms with E-state index in [0.29, 0.717) is 54.9 Å². The van der Waals surface area contributed by atoms with Gasteiger partial charge in [-0.3, -0.25) is 4.79 Å². The summed E-state index contributed by atoms with van der Waals surface area (Å²) in [6, 6.07) is 12.7. The largest absolute Gasteiger partial charge is 1.00 e. The third-order valence-corrected chi connectivity index (χ3v) is 9.64. The van der Waals surface area contributed by atoms with Crippen LogP contribution in [0.1, 0.15) is 63.5 Å². The van der Waals surface area contributed by atoms with Crippen LogP contribution in [0.4, 0.5) is 75.4 Å². The second-order valence-electron chi connectivity index (χ2n) is 14.3. The fourth-order valence-electron chi connectivity index (χ4n) is 6.19. The molecule has 4 aromatic carbocycles. The van der Waals surface area contributed by atoms with Gasteiger partial charge in [-0.1, -0.05) is 65.1 Å². The molecule has 0 aliphatic rings. The molecule has 75 heavy (non-hydrogen) atoms. The minimum atomic E-state index is -4.92. The number of aryl methyl sites for hydroxylation is 2. The molecule has 0 saturated heterocycles. The molecule has 15 nitrogen and oxygen atoms in total. The number of carbonyl (C=O) groups excluding carboxylic acids is 1. The number of ether oxygens (including phenoxy) is 4. The van der Waals surface area contributed by atoms with Gasteiger partial charge in [0.15, 0.2) is 33.9 Å². The summed E-state index contributed by atoms with van der Waals surface area (Å²) in [4.78, 5) is 17.3. The molecule has 0 bridgehead atoms. The Bertz CT molecular complexity index is 2830. The molecule has 0 saturated carbocycles. The molecule has 398 valence electrons. The van der Waals surface area contributed by atoms with Crippen LogP contribution in [0.3, 0.4) is 0 Å². The van der Waals surface area contributed by atoms with Crippen molar-refractivity contribution in [1.82, 2.24) is 10.3 Å². The molecule has 0 unspecified atom stereocenters. The number of alkyl halides is 13. The maximum atomic E-state index is 13.1. The molecular formula is C45H41BrCs2F12N6O9. The van der Waals surface area contributed by atoms with E-state index in [2.05, 4.69) is 55.6 Å². The van der Waals surface area contributed by atoms with Crippen LogP contribution in [0.15, 0.2) is 69.7 Å². The fraction of sp³-hybridized carbons (Fsp3) is 0.356. The zero-order valence-electron chi connectivity index (χ0n) is 40.9. The summed E-state index contributed by atoms with van der Waals surface area (Å²) in [7, 11) is 0. The number of benzene rings is 4. The standard InChI is InChI=1S/C22H19F6N3O3.C14H15BrF3NO2.C8H5F3N2O.CH2O3.2Cs.H/c1-3-5-14-17(9-7-15-19(14)34-31-20(15)21(23,24)25)32-11-4-10-30-16-8-6-13(29-2)12-18(16)33-22(26,27)28;1-2-4-9-11(20-8-3-7-15)6-5-10-12(9)21-19-13(10)14(16,17)18;1-13-5-2-3-6(12)7(4-5)14-8(9,10)11;2-1-4-3;;;/h6-9,12,30H,3-5,10-11H2,1H3;5-6H,2-4,7-8H2,1H3;2-4H,12H2;1,3H;;;/q;;;;2*+1;-1/p-1. The van der Waals surface area contributed by atoms with Gasteiger partial charge in [-0.15, -0.1) is 26.3 Å². The summed E-state index contributed by atoms with van der Waals surface area (Å²) in [6.45, 7) is 18.0. The van der Waals surface area contributed by atoms with Gasteiger partial charge in [0.25, 0.3) is 6.47 Å². The van der Waals surface area contributed by atoms with Crippen LogP contribution in [0.2, 0.25) is 0 Å². The number of hydrogen-bond acceptors (Lipinski definition) is 13. The number of carbonyl (C=O) groups is 1. The predicted octanol–water partition coefficient (Wildman–Crippen LogP) is 7.37. The van der Waals surface area contributed by atoms with E-state index in [-0.39, 0.29) is 204 Å². The quantitative estimate of drug-likeness (QED) is 0.0135. The van der Waals surface area contributed by atoms with E-state index in [0.717, 1.165) is 30.3 Å². The SMILES string of the molecule is CCCc1c(OCCCBr)ccc2c(C(F)(F)F)noc12.O=CO[O-].[C-]#[N+]c1ccc(N)c(OC(F)(F)F)c1.[C-]#[N+]c1ccc(NCCCOc2ccc3c(C(F)(F)F)noc3c2CCC)c(OC(F)(F)F)c1.[Cs+].[Cs+].[H-]. The molecule has 3 N–H and O–H groups in total. The van der Waals surface area contributed by atoms with Crippen LogP contribution in [-0.4, -0.2) is 54.6 Å². The molecule has 0 amide bonds. The molecular weight excluding hydrogens is 1340 g/mol. The van der Waals surface area contributed by atoms with Gasteiger partial charge in [0.2, 0.25) is 0 Å². The number of nitrogens with one attached hydrogen (secondary N) is 1. The minimum Gasteiger partial charge on any atom is -1.00 e. The van der Waals surface area contributed by atoms with Crippen molar-refractivity contribution in [3.05, 3.63) is 106 Å². The van der Waals surface area contributed by atoms with Crippen LogP contribution in [0.5, 0.6) is 23.0 Å². The van der Waals surface area contributed by atoms with Gasteiger partial charge in [-0.05, 0) is 74.2 Å². The number of halogens is 13. The van der Waals surface area contributed by atoms with Crippen LogP contribution in [0.25, 0.3) is 31.6 Å². The topological polar surface area (TPSA) is 185 Å². The van der Waals surface area contributed by atoms with Gasteiger partial charge in [-0.2, -0.15) is 26.3 Å². The van der Waals surface area contributed by atoms with E-state index in [9.17, 15) is 52.7 Å². The van der Waals surface area contributed by atoms with Crippen molar-refractivity contribution in [3.8, 4) is 23.0 Å². The fourth-order valence-corrected chi connectivity index (χ4v) is 6.42. The van der Waals surface area contributed by atoms with Crippen molar-refractivity contribution in [2.75, 3.05) is 36.1 Å². The Morgan fingerprint density at radius 1 is 0.693 bits per heavy atom. The Labute approximate surface area is 546 Å². The van der Waals surface area contributed by atoms with Crippen LogP contribution >= 0.6 is 15.9 Å². The molecule has 0 spiro atoms. The Hall–Kier alpha value is -3.23. The van der Waals surface area contributed by atoms with Gasteiger partial charge in [0.1, 0.15) is 23.0 Å². The third-order valence-electron chi connectivity index (χ3n) is 9.08. The number of anilines is 2. The first-order chi connectivity index (χ1) is 34.4. The molecule has 6 rings (SSSR count). The summed E-state index contributed by atoms with van der Waals surface area (Å²) < 4.78 is 180. The van der Waals surface area contributed by atoms with Crippen molar-refractivity contribution < 1.29 is 235 Å². The van der Waals surface area contributed by atoms with Gasteiger partial charge in [0, 0.05) is 23.0 Å². The van der Waals surface area contributed by atoms with Crippen LogP contribution in [0, 0.1) is 13.1 Å². The molecule has 0 aliphatic carbocycles. The minimum absolute atomic E-state index is 0. The van der Waals surface area contributed by atoms with E-state index < -0.39 is 48.0 Å². The maximum absolute atomic E-state index is 13.1. The van der Waals surface area contributed by atoms with Gasteiger partial charge < -0.3 is 50.6 Å². The van der Waals surface area contributed by atoms with Crippen molar-refractivity contribution in [2.24, 2.45) is 0 Å². The van der Waals surface area contributed by atoms with Gasteiger partial charge in [-0.25, -0.2) is 9.69 Å². The van der Waals surface area contributed by atoms with E-state index in [4.69, 9.17) is 47.4 Å². The van der Waals surface area contributed by atoms with Crippen molar-refractivity contribution in [2.45, 2.75) is 77.4 Å². The summed E-state index contributed by atoms with van der Waals surface area (Å²) in [5.41, 5.74) is 4.36. The zero-order chi connectivity index (χ0) is 54.6. The number of rotatable bonds is 17. The average molecular weight is 1380 g/mol. The monoisotopic (exact) mass is 1380 g/mol. The Morgan fingerprint density at radius 3 is 1.52 bits per heavy atom. The Morgan fingerprint density at radius 2 is 1.12 bits per heavy atom. The summed E-state index contributed by atoms with van der Waals surface area (Å²) in [5.74, 6) is -0.161. The smallest absolute Gasteiger partial charge is 1.00 e. The van der Waals surface area contributed by atoms with Crippen molar-refractivity contribution in [3.63, 3.8) is 0 Å². The van der Waals surface area contributed by atoms with Gasteiger partial charge in [0.05, 0.1) is 48.5 Å². The molecule has 0 aliphatic heterocycles. The van der Waals surface area contributed by atoms with Crippen molar-refractivity contribution in [1.29, 1.82) is 0 Å². The number of nitrogens with two attached hydrogens (primary N) is 1. The molecule has 6 aromatic rings. The Kier molecular flexibility index (Phi) is 31.0. The average Bonchev–Trinajstić information content (AvgIpc) is 3.97. The number of nitrogens with zero attached hydrogens (tertiary/aromatic N) is 4. The third kappa shape index (κ3) is 22.9. The van der Waals surface area contributed by atoms with E-state index >= 15 is 0 Å². The molecule has 30 heteroatoms. The number of hydrogen-bond donors (Lipinski definition) is 2. The van der Waals surface area contributed by atoms with E-state index in [1.807, 2.05) is 13.8 Å². The number of nitrogen functional groups attached to an aromatic ring is 1. The van der Waals surface area contributed by atoms with E-state index in [1.54, 1.807) is 6.07 Å². The number of fused-ring (bicyclic) bond motifs is 2. The molecule has 0 radical (unpaired) electrons. The molecule has 2 aromatic heterocycles. The second kappa shape index (κ2) is 33.3. The zero-order valence-corrected chi connectivity index (χ0v) is 54.0. The second-order valence-corrected chi connectivity index (χ2v) is 15.1. The first kappa shape index (κ1) is 69.8. The summed E-state index contributed by atoms with van der Waals surface area (Å²) >= 11 is 3.30. The van der Waals surface area contributed by atoms with Crippen molar-refractivity contribution >= 4 is 67.1 Å². The van der Waals surface area contributed by atoms with Gasteiger partial charge >= 0.3 is 163 Å². The maximum Gasteiger partial charge on any atom is 1.00 e. The first-order valence-electron chi connectivity index (χ1n) is 20.9.